The fourth-order valence-electron chi connectivity index (χ4n) is 2.13. The Balaban J connectivity index is 0. The molecule has 1 heterocycles. The van der Waals surface area contributed by atoms with Gasteiger partial charge in [0, 0.05) is 26.1 Å². The average Bonchev–Trinajstić information content (AvgIpc) is 3.17. The van der Waals surface area contributed by atoms with Gasteiger partial charge in [-0.05, 0) is 63.3 Å². The van der Waals surface area contributed by atoms with E-state index in [2.05, 4.69) is 50.4 Å². The molecule has 0 aromatic rings. The number of aliphatic carboxylic acids is 2. The summed E-state index contributed by atoms with van der Waals surface area (Å²) in [5.74, 6) is -0.774. The minimum Gasteiger partial charge on any atom is -0.481 e. The van der Waals surface area contributed by atoms with Gasteiger partial charge in [0.05, 0.1) is 0 Å². The fraction of sp³-hybridized carbons (Fsp3) is 0.800. The summed E-state index contributed by atoms with van der Waals surface area (Å²) < 4.78 is 4.94. The van der Waals surface area contributed by atoms with Crippen LogP contribution >= 0.6 is 30.7 Å². The van der Waals surface area contributed by atoms with Crippen molar-refractivity contribution in [1.29, 1.82) is 0 Å². The maximum Gasteiger partial charge on any atom is 0.303 e. The van der Waals surface area contributed by atoms with Crippen LogP contribution in [0.4, 0.5) is 0 Å². The number of allylic oxidation sites excluding steroid dienone is 2. The molecule has 0 aromatic carbocycles. The first-order valence-electron chi connectivity index (χ1n) is 10.1. The van der Waals surface area contributed by atoms with Crippen LogP contribution in [0.3, 0.4) is 0 Å². The zero-order valence-corrected chi connectivity index (χ0v) is 21.1. The van der Waals surface area contributed by atoms with Gasteiger partial charge in [-0.15, -0.1) is 0 Å². The van der Waals surface area contributed by atoms with Gasteiger partial charge in [0.15, 0.2) is 0 Å². The fourth-order valence-corrected chi connectivity index (χ4v) is 3.96. The molecule has 28 heavy (non-hydrogen) atoms. The van der Waals surface area contributed by atoms with Gasteiger partial charge >= 0.3 is 11.9 Å². The van der Waals surface area contributed by atoms with Gasteiger partial charge < -0.3 is 14.9 Å². The molecule has 2 N–H and O–H groups in total. The molecular weight excluding hydrogens is 462 g/mol. The van der Waals surface area contributed by atoms with Gasteiger partial charge in [0.2, 0.25) is 0 Å². The zero-order valence-electron chi connectivity index (χ0n) is 17.4. The second-order valence-corrected chi connectivity index (χ2v) is 15.1. The van der Waals surface area contributed by atoms with E-state index < -0.39 is 11.9 Å². The molecule has 5 nitrogen and oxygen atoms in total. The summed E-state index contributed by atoms with van der Waals surface area (Å²) in [4.78, 5) is 20.2. The van der Waals surface area contributed by atoms with Crippen LogP contribution in [0.15, 0.2) is 12.2 Å². The Bertz CT molecular complexity index is 392. The molecule has 8 heteroatoms. The Labute approximate surface area is 182 Å². The standard InChI is InChI=1S/C10H18O2.C6H13BrO2P2.C4H8O/c1-9(2)7-5-3-4-6-8-10(11)12;7-11(10)5-3-1-2-4-6(8)9;1-2-4-5-3-1/h5,7,9H,3-4,6,8H2,1-2H3,(H,11,12);1-5,10H2,(H,8,9);1-4H2/b7-5+;;. The van der Waals surface area contributed by atoms with E-state index in [-0.39, 0.29) is 6.31 Å². The second kappa shape index (κ2) is 23.3. The highest BCUT2D eigenvalue weighted by atomic mass is 79.9. The molecule has 1 aliphatic rings. The Morgan fingerprint density at radius 3 is 1.96 bits per heavy atom. The maximum absolute atomic E-state index is 10.1. The molecule has 0 saturated carbocycles. The summed E-state index contributed by atoms with van der Waals surface area (Å²) in [7, 11) is 2.73. The van der Waals surface area contributed by atoms with Crippen molar-refractivity contribution in [2.75, 3.05) is 19.4 Å². The number of carbonyl (C=O) groups is 2. The van der Waals surface area contributed by atoms with E-state index in [9.17, 15) is 9.59 Å². The Morgan fingerprint density at radius 1 is 1.04 bits per heavy atom. The zero-order chi connectivity index (χ0) is 21.6. The molecule has 0 aromatic heterocycles. The lowest BCUT2D eigenvalue weighted by Crippen LogP contribution is -1.93. The molecular formula is C20H39BrO5P2. The summed E-state index contributed by atoms with van der Waals surface area (Å²) in [5.41, 5.74) is 0. The highest BCUT2D eigenvalue weighted by molar-refractivity contribution is 9.44. The van der Waals surface area contributed by atoms with Crippen molar-refractivity contribution in [3.8, 4) is 0 Å². The van der Waals surface area contributed by atoms with Gasteiger partial charge in [-0.2, -0.15) is 0 Å². The molecule has 166 valence electrons. The van der Waals surface area contributed by atoms with Crippen molar-refractivity contribution < 1.29 is 24.5 Å². The number of carboxylic acids is 2. The number of hydrogen-bond acceptors (Lipinski definition) is 3. The van der Waals surface area contributed by atoms with Crippen LogP contribution in [0, 0.1) is 5.92 Å². The lowest BCUT2D eigenvalue weighted by molar-refractivity contribution is -0.138. The van der Waals surface area contributed by atoms with Crippen molar-refractivity contribution in [3.05, 3.63) is 12.2 Å². The number of carboxylic acid groups (broad SMARTS) is 2. The van der Waals surface area contributed by atoms with Crippen LogP contribution in [0.1, 0.15) is 78.1 Å². The van der Waals surface area contributed by atoms with Gasteiger partial charge in [-0.1, -0.05) is 56.8 Å². The third-order valence-corrected chi connectivity index (χ3v) is 6.20. The molecule has 1 rings (SSSR count). The third kappa shape index (κ3) is 33.6. The van der Waals surface area contributed by atoms with Crippen LogP contribution in [0.5, 0.6) is 0 Å². The number of halogens is 1. The first kappa shape index (κ1) is 30.2. The van der Waals surface area contributed by atoms with Crippen LogP contribution < -0.4 is 0 Å². The molecule has 0 spiro atoms. The predicted molar refractivity (Wildman–Crippen MR) is 127 cm³/mol. The van der Waals surface area contributed by atoms with Gasteiger partial charge in [-0.25, -0.2) is 0 Å². The highest BCUT2D eigenvalue weighted by Crippen LogP contribution is 2.52. The molecule has 2 atom stereocenters. The Morgan fingerprint density at radius 2 is 1.57 bits per heavy atom. The van der Waals surface area contributed by atoms with Gasteiger partial charge in [0.25, 0.3) is 0 Å². The Kier molecular flexibility index (Phi) is 25.1. The number of hydrogen-bond donors (Lipinski definition) is 2. The third-order valence-electron chi connectivity index (χ3n) is 3.62. The topological polar surface area (TPSA) is 83.8 Å². The molecule has 0 radical (unpaired) electrons. The normalized spacial score (nSPS) is 14.2. The van der Waals surface area contributed by atoms with Crippen molar-refractivity contribution in [3.63, 3.8) is 0 Å². The van der Waals surface area contributed by atoms with Gasteiger partial charge in [0.1, 0.15) is 0 Å². The molecule has 0 aliphatic carbocycles. The Hall–Kier alpha value is -0.0200. The van der Waals surface area contributed by atoms with E-state index in [0.29, 0.717) is 18.8 Å². The van der Waals surface area contributed by atoms with E-state index in [4.69, 9.17) is 14.9 Å². The monoisotopic (exact) mass is 500 g/mol. The second-order valence-electron chi connectivity index (χ2n) is 6.96. The SMILES string of the molecule is C1CCOC1.CC(C)/C=C/CCCCC(=O)O.O=C(O)CCCCCP(P)Br. The minimum atomic E-state index is -0.692. The molecule has 1 fully saturated rings. The lowest BCUT2D eigenvalue weighted by Gasteiger charge is -2.00. The van der Waals surface area contributed by atoms with Crippen molar-refractivity contribution in [2.24, 2.45) is 5.92 Å². The molecule has 0 bridgehead atoms. The molecule has 0 amide bonds. The van der Waals surface area contributed by atoms with Crippen LogP contribution in [0.25, 0.3) is 0 Å². The van der Waals surface area contributed by atoms with Crippen molar-refractivity contribution in [2.45, 2.75) is 78.1 Å². The number of ether oxygens (including phenoxy) is 1. The smallest absolute Gasteiger partial charge is 0.303 e. The van der Waals surface area contributed by atoms with E-state index in [0.717, 1.165) is 51.7 Å². The minimum absolute atomic E-state index is 0.0507. The van der Waals surface area contributed by atoms with Crippen LogP contribution in [-0.2, 0) is 14.3 Å². The number of unbranched alkanes of at least 4 members (excludes halogenated alkanes) is 4. The largest absolute Gasteiger partial charge is 0.481 e. The summed E-state index contributed by atoms with van der Waals surface area (Å²) >= 11 is 3.47. The van der Waals surface area contributed by atoms with Crippen molar-refractivity contribution in [1.82, 2.24) is 0 Å². The average molecular weight is 501 g/mol. The summed E-state index contributed by atoms with van der Waals surface area (Å²) in [6, 6.07) is 0. The predicted octanol–water partition coefficient (Wildman–Crippen LogP) is 6.85. The quantitative estimate of drug-likeness (QED) is 0.174. The summed E-state index contributed by atoms with van der Waals surface area (Å²) in [5, 5.41) is 16.7. The maximum atomic E-state index is 10.1. The first-order valence-corrected chi connectivity index (χ1v) is 15.3. The molecule has 2 unspecified atom stereocenters. The van der Waals surface area contributed by atoms with E-state index in [1.807, 2.05) is 0 Å². The molecule has 1 saturated heterocycles. The lowest BCUT2D eigenvalue weighted by atomic mass is 10.1. The van der Waals surface area contributed by atoms with Crippen molar-refractivity contribution >= 4 is 42.7 Å². The van der Waals surface area contributed by atoms with Gasteiger partial charge in [-0.3, -0.25) is 9.59 Å². The summed E-state index contributed by atoms with van der Waals surface area (Å²) in [6.45, 7) is 6.27. The van der Waals surface area contributed by atoms with Crippen LogP contribution in [-0.4, -0.2) is 41.5 Å². The number of rotatable bonds is 12. The first-order chi connectivity index (χ1) is 13.3. The summed E-state index contributed by atoms with van der Waals surface area (Å²) in [6.07, 6.45) is 14.3. The van der Waals surface area contributed by atoms with E-state index in [1.165, 1.54) is 19.0 Å². The molecule has 1 aliphatic heterocycles. The highest BCUT2D eigenvalue weighted by Gasteiger charge is 1.98. The van der Waals surface area contributed by atoms with E-state index in [1.54, 1.807) is 0 Å². The van der Waals surface area contributed by atoms with Crippen LogP contribution in [0.2, 0.25) is 0 Å². The van der Waals surface area contributed by atoms with E-state index >= 15 is 0 Å².